The van der Waals surface area contributed by atoms with Crippen molar-refractivity contribution in [3.8, 4) is 11.5 Å². The predicted molar refractivity (Wildman–Crippen MR) is 118 cm³/mol. The molecule has 3 rings (SSSR count). The first-order chi connectivity index (χ1) is 14.5. The Morgan fingerprint density at radius 2 is 1.80 bits per heavy atom. The lowest BCUT2D eigenvalue weighted by atomic mass is 10.1. The van der Waals surface area contributed by atoms with Crippen LogP contribution in [0.2, 0.25) is 0 Å². The van der Waals surface area contributed by atoms with Gasteiger partial charge >= 0.3 is 0 Å². The third-order valence-corrected chi connectivity index (χ3v) is 6.31. The van der Waals surface area contributed by atoms with Crippen molar-refractivity contribution in [2.24, 2.45) is 4.99 Å². The molecule has 0 radical (unpaired) electrons. The molecular formula is C22H26N4O3S. The number of oxazole rings is 1. The lowest BCUT2D eigenvalue weighted by Gasteiger charge is -2.11. The number of aryl methyl sites for hydroxylation is 1. The summed E-state index contributed by atoms with van der Waals surface area (Å²) in [6.07, 6.45) is 2.08. The van der Waals surface area contributed by atoms with Gasteiger partial charge < -0.3 is 15.1 Å². The van der Waals surface area contributed by atoms with Crippen molar-refractivity contribution in [2.75, 3.05) is 19.3 Å². The van der Waals surface area contributed by atoms with Crippen LogP contribution in [-0.4, -0.2) is 38.7 Å². The molecule has 0 atom stereocenters. The van der Waals surface area contributed by atoms with E-state index in [1.54, 1.807) is 43.6 Å². The Bertz CT molecular complexity index is 1080. The summed E-state index contributed by atoms with van der Waals surface area (Å²) in [5.74, 6) is 1.22. The van der Waals surface area contributed by atoms with Gasteiger partial charge in [0, 0.05) is 19.2 Å². The smallest absolute Gasteiger partial charge is 0.226 e. The minimum atomic E-state index is -3.27. The van der Waals surface area contributed by atoms with Crippen LogP contribution in [0, 0.1) is 6.92 Å². The molecule has 8 heteroatoms. The van der Waals surface area contributed by atoms with Gasteiger partial charge in [0.05, 0.1) is 22.9 Å². The Hall–Kier alpha value is -3.13. The van der Waals surface area contributed by atoms with Crippen LogP contribution in [0.3, 0.4) is 0 Å². The minimum absolute atomic E-state index is 0.0736. The highest BCUT2D eigenvalue weighted by Gasteiger charge is 2.13. The van der Waals surface area contributed by atoms with Gasteiger partial charge in [0.1, 0.15) is 6.26 Å². The lowest BCUT2D eigenvalue weighted by Crippen LogP contribution is -2.37. The summed E-state index contributed by atoms with van der Waals surface area (Å²) >= 11 is 0. The highest BCUT2D eigenvalue weighted by Crippen LogP contribution is 2.19. The van der Waals surface area contributed by atoms with E-state index in [1.807, 2.05) is 31.2 Å². The second-order valence-corrected chi connectivity index (χ2v) is 8.96. The molecule has 0 fully saturated rings. The molecule has 3 aromatic rings. The first-order valence-electron chi connectivity index (χ1n) is 9.72. The standard InChI is InChI=1S/C22H26N4O3S/c1-17-9-11-18(12-10-17)21-26-19(16-29-21)15-25-22(23-2)24-13-6-14-30(27,28)20-7-4-3-5-8-20/h3-5,7-12,16H,6,13-15H2,1-2H3,(H2,23,24,25). The molecule has 1 aromatic heterocycles. The van der Waals surface area contributed by atoms with Crippen molar-refractivity contribution >= 4 is 15.8 Å². The van der Waals surface area contributed by atoms with E-state index in [2.05, 4.69) is 20.6 Å². The first kappa shape index (κ1) is 21.6. The van der Waals surface area contributed by atoms with E-state index in [0.717, 1.165) is 11.3 Å². The minimum Gasteiger partial charge on any atom is -0.444 e. The van der Waals surface area contributed by atoms with Gasteiger partial charge in [-0.05, 0) is 37.6 Å². The summed E-state index contributed by atoms with van der Waals surface area (Å²) < 4.78 is 30.2. The molecule has 158 valence electrons. The van der Waals surface area contributed by atoms with Gasteiger partial charge in [-0.15, -0.1) is 0 Å². The maximum absolute atomic E-state index is 12.3. The first-order valence-corrected chi connectivity index (χ1v) is 11.4. The fourth-order valence-electron chi connectivity index (χ4n) is 2.83. The van der Waals surface area contributed by atoms with Crippen molar-refractivity contribution in [1.29, 1.82) is 0 Å². The van der Waals surface area contributed by atoms with E-state index in [1.165, 1.54) is 5.56 Å². The molecule has 0 aliphatic heterocycles. The number of aliphatic imine (C=N–C) groups is 1. The largest absolute Gasteiger partial charge is 0.444 e. The van der Waals surface area contributed by atoms with Gasteiger partial charge in [-0.25, -0.2) is 13.4 Å². The molecular weight excluding hydrogens is 400 g/mol. The average molecular weight is 427 g/mol. The van der Waals surface area contributed by atoms with Gasteiger partial charge in [0.25, 0.3) is 0 Å². The van der Waals surface area contributed by atoms with Crippen LogP contribution < -0.4 is 10.6 Å². The predicted octanol–water partition coefficient (Wildman–Crippen LogP) is 3.18. The molecule has 0 bridgehead atoms. The van der Waals surface area contributed by atoms with E-state index in [9.17, 15) is 8.42 Å². The average Bonchev–Trinajstić information content (AvgIpc) is 3.23. The van der Waals surface area contributed by atoms with E-state index in [4.69, 9.17) is 4.42 Å². The Kier molecular flexibility index (Phi) is 7.24. The summed E-state index contributed by atoms with van der Waals surface area (Å²) in [6.45, 7) is 2.96. The van der Waals surface area contributed by atoms with Gasteiger partial charge in [-0.2, -0.15) is 0 Å². The van der Waals surface area contributed by atoms with Gasteiger partial charge in [-0.1, -0.05) is 35.9 Å². The van der Waals surface area contributed by atoms with Crippen molar-refractivity contribution in [1.82, 2.24) is 15.6 Å². The molecule has 0 saturated carbocycles. The molecule has 2 aromatic carbocycles. The Morgan fingerprint density at radius 1 is 1.07 bits per heavy atom. The van der Waals surface area contributed by atoms with E-state index < -0.39 is 9.84 Å². The number of guanidine groups is 1. The van der Waals surface area contributed by atoms with Crippen molar-refractivity contribution in [3.63, 3.8) is 0 Å². The summed E-state index contributed by atoms with van der Waals surface area (Å²) in [6, 6.07) is 16.5. The molecule has 0 aliphatic carbocycles. The third-order valence-electron chi connectivity index (χ3n) is 4.50. The number of sulfone groups is 1. The molecule has 2 N–H and O–H groups in total. The van der Waals surface area contributed by atoms with Crippen molar-refractivity contribution < 1.29 is 12.8 Å². The summed E-state index contributed by atoms with van der Waals surface area (Å²) in [4.78, 5) is 8.99. The van der Waals surface area contributed by atoms with Gasteiger partial charge in [0.2, 0.25) is 5.89 Å². The number of hydrogen-bond acceptors (Lipinski definition) is 5. The van der Waals surface area contributed by atoms with Gasteiger partial charge in [0.15, 0.2) is 15.8 Å². The third kappa shape index (κ3) is 5.93. The molecule has 0 amide bonds. The fourth-order valence-corrected chi connectivity index (χ4v) is 4.16. The van der Waals surface area contributed by atoms with Crippen molar-refractivity contribution in [2.45, 2.75) is 24.8 Å². The Labute approximate surface area is 177 Å². The van der Waals surface area contributed by atoms with E-state index in [0.29, 0.717) is 36.3 Å². The molecule has 7 nitrogen and oxygen atoms in total. The number of benzene rings is 2. The lowest BCUT2D eigenvalue weighted by molar-refractivity contribution is 0.572. The number of nitrogens with zero attached hydrogens (tertiary/aromatic N) is 2. The maximum Gasteiger partial charge on any atom is 0.226 e. The summed E-state index contributed by atoms with van der Waals surface area (Å²) in [5, 5.41) is 6.28. The zero-order valence-corrected chi connectivity index (χ0v) is 17.9. The summed E-state index contributed by atoms with van der Waals surface area (Å²) in [5.41, 5.74) is 2.85. The molecule has 0 aliphatic rings. The van der Waals surface area contributed by atoms with Crippen LogP contribution in [-0.2, 0) is 16.4 Å². The van der Waals surface area contributed by atoms with Crippen LogP contribution >= 0.6 is 0 Å². The van der Waals surface area contributed by atoms with Gasteiger partial charge in [-0.3, -0.25) is 4.99 Å². The van der Waals surface area contributed by atoms with Crippen LogP contribution in [0.5, 0.6) is 0 Å². The number of nitrogens with one attached hydrogen (secondary N) is 2. The maximum atomic E-state index is 12.3. The number of hydrogen-bond donors (Lipinski definition) is 2. The second-order valence-electron chi connectivity index (χ2n) is 6.85. The zero-order valence-electron chi connectivity index (χ0n) is 17.1. The molecule has 0 unspecified atom stereocenters. The molecule has 1 heterocycles. The highest BCUT2D eigenvalue weighted by atomic mass is 32.2. The molecule has 0 saturated heterocycles. The zero-order chi connectivity index (χ0) is 21.4. The number of rotatable bonds is 8. The Morgan fingerprint density at radius 3 is 2.50 bits per heavy atom. The van der Waals surface area contributed by atoms with Crippen LogP contribution in [0.25, 0.3) is 11.5 Å². The highest BCUT2D eigenvalue weighted by molar-refractivity contribution is 7.91. The topological polar surface area (TPSA) is 96.6 Å². The summed E-state index contributed by atoms with van der Waals surface area (Å²) in [7, 11) is -1.61. The van der Waals surface area contributed by atoms with Crippen LogP contribution in [0.1, 0.15) is 17.7 Å². The monoisotopic (exact) mass is 426 g/mol. The van der Waals surface area contributed by atoms with Crippen LogP contribution in [0.15, 0.2) is 75.2 Å². The fraction of sp³-hybridized carbons (Fsp3) is 0.273. The molecule has 0 spiro atoms. The second kappa shape index (κ2) is 10.1. The number of aromatic nitrogens is 1. The molecule has 30 heavy (non-hydrogen) atoms. The van der Waals surface area contributed by atoms with E-state index >= 15 is 0 Å². The van der Waals surface area contributed by atoms with Crippen LogP contribution in [0.4, 0.5) is 0 Å². The SMILES string of the molecule is CN=C(NCCCS(=O)(=O)c1ccccc1)NCc1coc(-c2ccc(C)cc2)n1. The normalized spacial score (nSPS) is 12.0. The quantitative estimate of drug-likeness (QED) is 0.326. The Balaban J connectivity index is 1.45. The van der Waals surface area contributed by atoms with Crippen molar-refractivity contribution in [3.05, 3.63) is 72.1 Å². The van der Waals surface area contributed by atoms with E-state index in [-0.39, 0.29) is 5.75 Å².